The van der Waals surface area contributed by atoms with Crippen LogP contribution in [0.2, 0.25) is 0 Å². The van der Waals surface area contributed by atoms with Crippen molar-refractivity contribution in [2.75, 3.05) is 19.6 Å². The fourth-order valence-corrected chi connectivity index (χ4v) is 6.79. The normalized spacial score (nSPS) is 35.5. The Kier molecular flexibility index (Phi) is 4.25. The number of carbonyl (C=O) groups excluding carboxylic acids is 3. The summed E-state index contributed by atoms with van der Waals surface area (Å²) in [5.41, 5.74) is 3.00. The first kappa shape index (κ1) is 18.5. The molecule has 7 nitrogen and oxygen atoms in total. The van der Waals surface area contributed by atoms with E-state index in [1.807, 2.05) is 12.1 Å². The van der Waals surface area contributed by atoms with E-state index in [1.165, 1.54) is 24.9 Å². The van der Waals surface area contributed by atoms with Crippen LogP contribution in [0.1, 0.15) is 47.2 Å². The van der Waals surface area contributed by atoms with Gasteiger partial charge in [-0.3, -0.25) is 24.6 Å². The summed E-state index contributed by atoms with van der Waals surface area (Å²) in [6.45, 7) is 4.81. The van der Waals surface area contributed by atoms with Crippen LogP contribution in [0.15, 0.2) is 18.2 Å². The number of carbonyl (C=O) groups is 3. The molecular weight excluding hydrogens is 380 g/mol. The number of fused-ring (bicyclic) bond motifs is 3. The van der Waals surface area contributed by atoms with E-state index in [1.54, 1.807) is 4.90 Å². The van der Waals surface area contributed by atoms with Crippen molar-refractivity contribution in [3.8, 4) is 0 Å². The van der Waals surface area contributed by atoms with Crippen molar-refractivity contribution in [2.24, 2.45) is 17.8 Å². The highest BCUT2D eigenvalue weighted by Gasteiger charge is 2.49. The minimum atomic E-state index is -0.549. The largest absolute Gasteiger partial charge is 0.322 e. The molecule has 5 heterocycles. The second kappa shape index (κ2) is 6.89. The van der Waals surface area contributed by atoms with Gasteiger partial charge in [0.1, 0.15) is 6.04 Å². The molecular formula is C23H28N4O3. The van der Waals surface area contributed by atoms with E-state index in [2.05, 4.69) is 21.6 Å². The summed E-state index contributed by atoms with van der Waals surface area (Å²) < 4.78 is 0. The van der Waals surface area contributed by atoms with Gasteiger partial charge >= 0.3 is 0 Å². The highest BCUT2D eigenvalue weighted by atomic mass is 16.2. The number of hydrogen-bond acceptors (Lipinski definition) is 5. The fraction of sp³-hybridized carbons (Fsp3) is 0.609. The van der Waals surface area contributed by atoms with Gasteiger partial charge in [0.15, 0.2) is 0 Å². The molecule has 4 saturated heterocycles. The predicted octanol–water partition coefficient (Wildman–Crippen LogP) is 0.877. The maximum Gasteiger partial charge on any atom is 0.255 e. The second-order valence-corrected chi connectivity index (χ2v) is 9.66. The lowest BCUT2D eigenvalue weighted by molar-refractivity contribution is -0.136. The molecule has 1 aliphatic carbocycles. The Bertz CT molecular complexity index is 931. The lowest BCUT2D eigenvalue weighted by Crippen LogP contribution is -2.56. The molecule has 1 aromatic carbocycles. The highest BCUT2D eigenvalue weighted by Crippen LogP contribution is 2.45. The van der Waals surface area contributed by atoms with Crippen LogP contribution in [0.4, 0.5) is 0 Å². The average Bonchev–Trinajstić information content (AvgIpc) is 3.36. The molecule has 0 radical (unpaired) electrons. The van der Waals surface area contributed by atoms with Crippen molar-refractivity contribution < 1.29 is 14.4 Å². The Balaban J connectivity index is 1.24. The summed E-state index contributed by atoms with van der Waals surface area (Å²) in [6.07, 6.45) is 3.32. The number of nitrogens with one attached hydrogen (secondary N) is 2. The van der Waals surface area contributed by atoms with Crippen molar-refractivity contribution in [1.82, 2.24) is 20.4 Å². The molecule has 0 aromatic heterocycles. The van der Waals surface area contributed by atoms with Gasteiger partial charge in [0.25, 0.3) is 5.91 Å². The van der Waals surface area contributed by atoms with Crippen LogP contribution in [-0.2, 0) is 22.7 Å². The lowest BCUT2D eigenvalue weighted by atomic mass is 9.66. The molecule has 30 heavy (non-hydrogen) atoms. The standard InChI is InChI=1S/C23H28N4O3/c28-21-7-6-20(22(29)25-21)27-12-18-13(2-1-3-15(18)23(27)30)10-26-11-14-4-5-19(26)17-9-24-8-16(14)17/h1-3,14,16-17,19-20,24H,4-12H2,(H,25,28,29). The molecule has 158 valence electrons. The van der Waals surface area contributed by atoms with Gasteiger partial charge in [-0.2, -0.15) is 0 Å². The van der Waals surface area contributed by atoms with Gasteiger partial charge in [0.05, 0.1) is 0 Å². The van der Waals surface area contributed by atoms with E-state index < -0.39 is 6.04 Å². The number of hydrogen-bond donors (Lipinski definition) is 2. The topological polar surface area (TPSA) is 81.8 Å². The summed E-state index contributed by atoms with van der Waals surface area (Å²) in [6, 6.07) is 6.09. The predicted molar refractivity (Wildman–Crippen MR) is 109 cm³/mol. The van der Waals surface area contributed by atoms with Crippen LogP contribution < -0.4 is 10.6 Å². The van der Waals surface area contributed by atoms with Gasteiger partial charge in [-0.1, -0.05) is 12.1 Å². The first-order valence-electron chi connectivity index (χ1n) is 11.3. The molecule has 7 heteroatoms. The molecule has 5 aliphatic heterocycles. The number of nitrogens with zero attached hydrogens (tertiary/aromatic N) is 2. The number of piperidine rings is 3. The Morgan fingerprint density at radius 1 is 1.03 bits per heavy atom. The van der Waals surface area contributed by atoms with E-state index >= 15 is 0 Å². The Morgan fingerprint density at radius 3 is 2.77 bits per heavy atom. The van der Waals surface area contributed by atoms with E-state index in [9.17, 15) is 14.4 Å². The van der Waals surface area contributed by atoms with Crippen molar-refractivity contribution in [2.45, 2.75) is 50.9 Å². The minimum Gasteiger partial charge on any atom is -0.322 e. The van der Waals surface area contributed by atoms with Gasteiger partial charge < -0.3 is 10.2 Å². The summed E-state index contributed by atoms with van der Waals surface area (Å²) >= 11 is 0. The SMILES string of the molecule is O=C1CCC(N2Cc3c(CN4CC5CCC4C4CNCC54)cccc3C2=O)C(=O)N1. The van der Waals surface area contributed by atoms with Crippen LogP contribution in [0, 0.1) is 17.8 Å². The highest BCUT2D eigenvalue weighted by molar-refractivity contribution is 6.05. The number of rotatable bonds is 3. The Morgan fingerprint density at radius 2 is 1.90 bits per heavy atom. The maximum absolute atomic E-state index is 13.1. The first-order valence-corrected chi connectivity index (χ1v) is 11.3. The van der Waals surface area contributed by atoms with E-state index in [-0.39, 0.29) is 24.1 Å². The smallest absolute Gasteiger partial charge is 0.255 e. The van der Waals surface area contributed by atoms with Crippen molar-refractivity contribution in [3.05, 3.63) is 34.9 Å². The number of benzene rings is 1. The number of imide groups is 1. The zero-order chi connectivity index (χ0) is 20.4. The third-order valence-electron chi connectivity index (χ3n) is 8.23. The molecule has 3 amide bonds. The molecule has 1 aromatic rings. The van der Waals surface area contributed by atoms with Gasteiger partial charge in [-0.25, -0.2) is 0 Å². The van der Waals surface area contributed by atoms with Crippen LogP contribution in [-0.4, -0.2) is 59.2 Å². The first-order chi connectivity index (χ1) is 14.6. The Hall–Kier alpha value is -2.25. The fourth-order valence-electron chi connectivity index (χ4n) is 6.79. The molecule has 2 N–H and O–H groups in total. The lowest BCUT2D eigenvalue weighted by Gasteiger charge is -2.52. The van der Waals surface area contributed by atoms with Gasteiger partial charge in [0.2, 0.25) is 11.8 Å². The van der Waals surface area contributed by atoms with E-state index in [0.717, 1.165) is 48.5 Å². The second-order valence-electron chi connectivity index (χ2n) is 9.66. The maximum atomic E-state index is 13.1. The van der Waals surface area contributed by atoms with E-state index in [4.69, 9.17) is 0 Å². The summed E-state index contributed by atoms with van der Waals surface area (Å²) in [7, 11) is 0. The molecule has 7 rings (SSSR count). The molecule has 1 saturated carbocycles. The van der Waals surface area contributed by atoms with Crippen LogP contribution in [0.25, 0.3) is 0 Å². The zero-order valence-corrected chi connectivity index (χ0v) is 17.1. The van der Waals surface area contributed by atoms with E-state index in [0.29, 0.717) is 19.0 Å². The van der Waals surface area contributed by atoms with Gasteiger partial charge in [0, 0.05) is 37.7 Å². The zero-order valence-electron chi connectivity index (χ0n) is 17.1. The Labute approximate surface area is 176 Å². The van der Waals surface area contributed by atoms with Crippen LogP contribution >= 0.6 is 0 Å². The third-order valence-corrected chi connectivity index (χ3v) is 8.23. The molecule has 5 fully saturated rings. The minimum absolute atomic E-state index is 0.0819. The van der Waals surface area contributed by atoms with Crippen molar-refractivity contribution in [3.63, 3.8) is 0 Å². The van der Waals surface area contributed by atoms with Crippen molar-refractivity contribution in [1.29, 1.82) is 0 Å². The molecule has 5 unspecified atom stereocenters. The molecule has 0 spiro atoms. The molecule has 6 aliphatic rings. The van der Waals surface area contributed by atoms with Crippen molar-refractivity contribution >= 4 is 17.7 Å². The summed E-state index contributed by atoms with van der Waals surface area (Å²) in [4.78, 5) is 41.2. The quantitative estimate of drug-likeness (QED) is 0.726. The average molecular weight is 409 g/mol. The van der Waals surface area contributed by atoms with Gasteiger partial charge in [-0.05, 0) is 67.3 Å². The van der Waals surface area contributed by atoms with Gasteiger partial charge in [-0.15, -0.1) is 0 Å². The number of amides is 3. The molecule has 5 atom stereocenters. The molecule has 2 bridgehead atoms. The monoisotopic (exact) mass is 408 g/mol. The third kappa shape index (κ3) is 2.75. The van der Waals surface area contributed by atoms with Crippen LogP contribution in [0.3, 0.4) is 0 Å². The van der Waals surface area contributed by atoms with Crippen LogP contribution in [0.5, 0.6) is 0 Å². The summed E-state index contributed by atoms with van der Waals surface area (Å²) in [5.74, 6) is 1.71. The summed E-state index contributed by atoms with van der Waals surface area (Å²) in [5, 5.41) is 5.99.